The molecule has 0 aliphatic carbocycles. The SMILES string of the molecule is CCC(CO)NC(=O)Nc1nc(-c2cccnc2)cs1. The normalized spacial score (nSPS) is 11.9. The van der Waals surface area contributed by atoms with Gasteiger partial charge in [-0.25, -0.2) is 9.78 Å². The van der Waals surface area contributed by atoms with Crippen LogP contribution < -0.4 is 10.6 Å². The van der Waals surface area contributed by atoms with Gasteiger partial charge in [-0.05, 0) is 18.6 Å². The van der Waals surface area contributed by atoms with Gasteiger partial charge in [-0.1, -0.05) is 6.92 Å². The van der Waals surface area contributed by atoms with Crippen molar-refractivity contribution in [1.29, 1.82) is 0 Å². The third-order valence-electron chi connectivity index (χ3n) is 2.73. The molecule has 0 saturated heterocycles. The highest BCUT2D eigenvalue weighted by Gasteiger charge is 2.11. The maximum atomic E-state index is 11.7. The van der Waals surface area contributed by atoms with Gasteiger partial charge in [0.2, 0.25) is 0 Å². The molecule has 3 N–H and O–H groups in total. The van der Waals surface area contributed by atoms with E-state index in [4.69, 9.17) is 5.11 Å². The molecule has 2 aromatic heterocycles. The fourth-order valence-corrected chi connectivity index (χ4v) is 2.29. The second-order valence-corrected chi connectivity index (χ2v) is 5.02. The summed E-state index contributed by atoms with van der Waals surface area (Å²) >= 11 is 1.34. The Morgan fingerprint density at radius 1 is 1.55 bits per heavy atom. The Balaban J connectivity index is 1.98. The quantitative estimate of drug-likeness (QED) is 0.787. The highest BCUT2D eigenvalue weighted by molar-refractivity contribution is 7.14. The number of thiazole rings is 1. The summed E-state index contributed by atoms with van der Waals surface area (Å²) in [5.74, 6) is 0. The summed E-state index contributed by atoms with van der Waals surface area (Å²) < 4.78 is 0. The number of carbonyl (C=O) groups is 1. The van der Waals surface area contributed by atoms with Crippen LogP contribution in [0.25, 0.3) is 11.3 Å². The van der Waals surface area contributed by atoms with Crippen molar-refractivity contribution in [2.45, 2.75) is 19.4 Å². The first-order chi connectivity index (χ1) is 9.72. The molecular formula is C13H16N4O2S. The van der Waals surface area contributed by atoms with Gasteiger partial charge in [0.25, 0.3) is 0 Å². The summed E-state index contributed by atoms with van der Waals surface area (Å²) in [6, 6.07) is 3.14. The molecule has 0 radical (unpaired) electrons. The molecular weight excluding hydrogens is 276 g/mol. The van der Waals surface area contributed by atoms with Crippen molar-refractivity contribution in [3.8, 4) is 11.3 Å². The third kappa shape index (κ3) is 3.75. The lowest BCUT2D eigenvalue weighted by Crippen LogP contribution is -2.39. The fraction of sp³-hybridized carbons (Fsp3) is 0.308. The Hall–Kier alpha value is -1.99. The number of rotatable bonds is 5. The Morgan fingerprint density at radius 3 is 3.05 bits per heavy atom. The highest BCUT2D eigenvalue weighted by Crippen LogP contribution is 2.23. The first kappa shape index (κ1) is 14.4. The molecule has 0 saturated carbocycles. The zero-order valence-corrected chi connectivity index (χ0v) is 11.9. The number of anilines is 1. The number of nitrogens with one attached hydrogen (secondary N) is 2. The number of carbonyl (C=O) groups excluding carboxylic acids is 1. The Labute approximate surface area is 120 Å². The van der Waals surface area contributed by atoms with Gasteiger partial charge >= 0.3 is 6.03 Å². The standard InChI is InChI=1S/C13H16N4O2S/c1-2-10(7-18)15-12(19)17-13-16-11(8-20-13)9-4-3-5-14-6-9/h3-6,8,10,18H,2,7H2,1H3,(H2,15,16,17,19). The summed E-state index contributed by atoms with van der Waals surface area (Å²) in [5.41, 5.74) is 1.67. The van der Waals surface area contributed by atoms with Crippen LogP contribution in [0.15, 0.2) is 29.9 Å². The monoisotopic (exact) mass is 292 g/mol. The molecule has 1 unspecified atom stereocenters. The number of aromatic nitrogens is 2. The molecule has 0 spiro atoms. The van der Waals surface area contributed by atoms with Crippen LogP contribution in [0.5, 0.6) is 0 Å². The largest absolute Gasteiger partial charge is 0.394 e. The van der Waals surface area contributed by atoms with Crippen LogP contribution in [0.3, 0.4) is 0 Å². The zero-order valence-electron chi connectivity index (χ0n) is 11.0. The molecule has 0 aromatic carbocycles. The topological polar surface area (TPSA) is 87.1 Å². The Kier molecular flexibility index (Phi) is 5.03. The second-order valence-electron chi connectivity index (χ2n) is 4.17. The van der Waals surface area contributed by atoms with Crippen LogP contribution in [-0.4, -0.2) is 33.8 Å². The van der Waals surface area contributed by atoms with E-state index in [-0.39, 0.29) is 18.7 Å². The molecule has 0 bridgehead atoms. The van der Waals surface area contributed by atoms with E-state index >= 15 is 0 Å². The second kappa shape index (κ2) is 6.97. The van der Waals surface area contributed by atoms with Crippen LogP contribution in [-0.2, 0) is 0 Å². The fourth-order valence-electron chi connectivity index (χ4n) is 1.57. The number of aliphatic hydroxyl groups is 1. The molecule has 0 aliphatic rings. The average molecular weight is 292 g/mol. The molecule has 106 valence electrons. The van der Waals surface area contributed by atoms with E-state index in [9.17, 15) is 4.79 Å². The molecule has 7 heteroatoms. The lowest BCUT2D eigenvalue weighted by atomic mass is 10.2. The van der Waals surface area contributed by atoms with Gasteiger partial charge in [-0.15, -0.1) is 11.3 Å². The molecule has 1 atom stereocenters. The number of pyridine rings is 1. The van der Waals surface area contributed by atoms with Crippen LogP contribution in [0, 0.1) is 0 Å². The van der Waals surface area contributed by atoms with Crippen LogP contribution in [0.1, 0.15) is 13.3 Å². The molecule has 2 heterocycles. The van der Waals surface area contributed by atoms with Crippen LogP contribution in [0.4, 0.5) is 9.93 Å². The smallest absolute Gasteiger partial charge is 0.321 e. The number of amides is 2. The molecule has 2 amide bonds. The first-order valence-corrected chi connectivity index (χ1v) is 7.15. The predicted molar refractivity (Wildman–Crippen MR) is 78.7 cm³/mol. The van der Waals surface area contributed by atoms with Crippen molar-refractivity contribution in [1.82, 2.24) is 15.3 Å². The minimum atomic E-state index is -0.363. The van der Waals surface area contributed by atoms with Gasteiger partial charge in [0.15, 0.2) is 5.13 Å². The van der Waals surface area contributed by atoms with Gasteiger partial charge < -0.3 is 10.4 Å². The van der Waals surface area contributed by atoms with E-state index in [1.54, 1.807) is 12.4 Å². The molecule has 2 rings (SSSR count). The summed E-state index contributed by atoms with van der Waals surface area (Å²) in [7, 11) is 0. The number of aliphatic hydroxyl groups excluding tert-OH is 1. The average Bonchev–Trinajstić information content (AvgIpc) is 2.94. The van der Waals surface area contributed by atoms with Gasteiger partial charge in [0, 0.05) is 23.3 Å². The first-order valence-electron chi connectivity index (χ1n) is 6.27. The van der Waals surface area contributed by atoms with Gasteiger partial charge in [-0.2, -0.15) is 0 Å². The van der Waals surface area contributed by atoms with E-state index in [1.807, 2.05) is 24.4 Å². The van der Waals surface area contributed by atoms with Crippen LogP contribution in [0.2, 0.25) is 0 Å². The van der Waals surface area contributed by atoms with Crippen molar-refractivity contribution in [2.24, 2.45) is 0 Å². The Bertz CT molecular complexity index is 555. The predicted octanol–water partition coefficient (Wildman–Crippen LogP) is 2.10. The van der Waals surface area contributed by atoms with E-state index < -0.39 is 0 Å². The van der Waals surface area contributed by atoms with Crippen LogP contribution >= 0.6 is 11.3 Å². The summed E-state index contributed by atoms with van der Waals surface area (Å²) in [5, 5.41) is 16.7. The Morgan fingerprint density at radius 2 is 2.40 bits per heavy atom. The van der Waals surface area contributed by atoms with Gasteiger partial charge in [0.05, 0.1) is 18.3 Å². The molecule has 20 heavy (non-hydrogen) atoms. The van der Waals surface area contributed by atoms with E-state index in [0.717, 1.165) is 11.3 Å². The third-order valence-corrected chi connectivity index (χ3v) is 3.49. The van der Waals surface area contributed by atoms with E-state index in [2.05, 4.69) is 20.6 Å². The molecule has 2 aromatic rings. The van der Waals surface area contributed by atoms with Gasteiger partial charge in [-0.3, -0.25) is 10.3 Å². The minimum absolute atomic E-state index is 0.0806. The minimum Gasteiger partial charge on any atom is -0.394 e. The van der Waals surface area contributed by atoms with E-state index in [1.165, 1.54) is 11.3 Å². The number of nitrogens with zero attached hydrogens (tertiary/aromatic N) is 2. The van der Waals surface area contributed by atoms with Crippen molar-refractivity contribution >= 4 is 22.5 Å². The van der Waals surface area contributed by atoms with Gasteiger partial charge in [0.1, 0.15) is 0 Å². The van der Waals surface area contributed by atoms with Crippen molar-refractivity contribution in [3.63, 3.8) is 0 Å². The molecule has 0 fully saturated rings. The summed E-state index contributed by atoms with van der Waals surface area (Å²) in [4.78, 5) is 20.1. The van der Waals surface area contributed by atoms with Crippen molar-refractivity contribution in [3.05, 3.63) is 29.9 Å². The molecule has 6 nitrogen and oxygen atoms in total. The van der Waals surface area contributed by atoms with Crippen molar-refractivity contribution < 1.29 is 9.90 Å². The van der Waals surface area contributed by atoms with Crippen molar-refractivity contribution in [2.75, 3.05) is 11.9 Å². The zero-order chi connectivity index (χ0) is 14.4. The summed E-state index contributed by atoms with van der Waals surface area (Å²) in [6.07, 6.45) is 4.09. The highest BCUT2D eigenvalue weighted by atomic mass is 32.1. The number of urea groups is 1. The maximum absolute atomic E-state index is 11.7. The van der Waals surface area contributed by atoms with E-state index in [0.29, 0.717) is 11.6 Å². The lowest BCUT2D eigenvalue weighted by Gasteiger charge is -2.13. The molecule has 0 aliphatic heterocycles. The number of hydrogen-bond donors (Lipinski definition) is 3. The maximum Gasteiger partial charge on any atom is 0.321 e. The summed E-state index contributed by atoms with van der Waals surface area (Å²) in [6.45, 7) is 1.81. The number of hydrogen-bond acceptors (Lipinski definition) is 5. The lowest BCUT2D eigenvalue weighted by molar-refractivity contribution is 0.222.